The van der Waals surface area contributed by atoms with Crippen molar-refractivity contribution in [2.24, 2.45) is 5.92 Å². The van der Waals surface area contributed by atoms with Gasteiger partial charge in [-0.3, -0.25) is 9.59 Å². The molecule has 1 aliphatic carbocycles. The Morgan fingerprint density at radius 2 is 1.29 bits per heavy atom. The van der Waals surface area contributed by atoms with Crippen LogP contribution in [0.5, 0.6) is 23.0 Å². The van der Waals surface area contributed by atoms with Crippen LogP contribution in [-0.4, -0.2) is 59.0 Å². The van der Waals surface area contributed by atoms with Crippen molar-refractivity contribution in [1.29, 1.82) is 0 Å². The Bertz CT molecular complexity index is 2190. The summed E-state index contributed by atoms with van der Waals surface area (Å²) >= 11 is 0. The van der Waals surface area contributed by atoms with Crippen molar-refractivity contribution in [3.63, 3.8) is 0 Å². The second kappa shape index (κ2) is 16.1. The first kappa shape index (κ1) is 37.8. The summed E-state index contributed by atoms with van der Waals surface area (Å²) in [4.78, 5) is 43.1. The molecule has 3 amide bonds. The first-order valence-corrected chi connectivity index (χ1v) is 18.5. The number of β-lactam (4-membered cyclic amide) rings is 1. The molecule has 0 aromatic heterocycles. The average molecular weight is 756 g/mol. The minimum Gasteiger partial charge on any atom is -0.495 e. The maximum atomic E-state index is 14.1. The molecule has 1 aliphatic heterocycles. The third kappa shape index (κ3) is 6.96. The zero-order chi connectivity index (χ0) is 39.5. The molecule has 0 radical (unpaired) electrons. The minimum absolute atomic E-state index is 0.118. The normalized spacial score (nSPS) is 16.3. The zero-order valence-corrected chi connectivity index (χ0v) is 32.2. The molecule has 7 rings (SSSR count). The van der Waals surface area contributed by atoms with Crippen LogP contribution in [0.4, 0.5) is 16.2 Å². The molecule has 2 aliphatic rings. The van der Waals surface area contributed by atoms with Gasteiger partial charge in [-0.05, 0) is 51.4 Å². The Morgan fingerprint density at radius 1 is 0.696 bits per heavy atom. The highest BCUT2D eigenvalue weighted by molar-refractivity contribution is 6.07. The Morgan fingerprint density at radius 3 is 1.86 bits per heavy atom. The lowest BCUT2D eigenvalue weighted by Gasteiger charge is -2.48. The van der Waals surface area contributed by atoms with Gasteiger partial charge < -0.3 is 39.2 Å². The Labute approximate surface area is 326 Å². The summed E-state index contributed by atoms with van der Waals surface area (Å²) < 4.78 is 28.2. The van der Waals surface area contributed by atoms with Crippen molar-refractivity contribution >= 4 is 29.3 Å². The molecule has 56 heavy (non-hydrogen) atoms. The van der Waals surface area contributed by atoms with Crippen LogP contribution in [-0.2, 0) is 14.3 Å². The van der Waals surface area contributed by atoms with E-state index in [1.165, 1.54) is 28.4 Å². The molecule has 5 aromatic rings. The molecule has 11 heteroatoms. The highest BCUT2D eigenvalue weighted by atomic mass is 16.5. The van der Waals surface area contributed by atoms with Gasteiger partial charge in [0.05, 0.1) is 51.8 Å². The second-order valence-electron chi connectivity index (χ2n) is 14.1. The summed E-state index contributed by atoms with van der Waals surface area (Å²) in [6.07, 6.45) is -0.693. The predicted octanol–water partition coefficient (Wildman–Crippen LogP) is 8.09. The van der Waals surface area contributed by atoms with Crippen LogP contribution in [0.25, 0.3) is 11.1 Å². The number of methoxy groups -OCH3 is 4. The first-order chi connectivity index (χ1) is 27.2. The number of alkyl carbamates (subject to hydrolysis) is 1. The molecular formula is C45H45N3O8. The number of hydrogen-bond donors (Lipinski definition) is 2. The molecule has 0 spiro atoms. The number of amides is 3. The molecular weight excluding hydrogens is 711 g/mol. The highest BCUT2D eigenvalue weighted by Crippen LogP contribution is 2.52. The lowest BCUT2D eigenvalue weighted by atomic mass is 9.77. The summed E-state index contributed by atoms with van der Waals surface area (Å²) in [5.74, 6) is 0.127. The number of anilines is 2. The SMILES string of the molecule is COc1ccc([C@H]2[C@H](c3ccccc3)C(=O)N2c2cc(OC)c(OC)c(OC)c2)cc1NC(=O)[C@@H](NC(=O)OCC1c2ccccc2-c2ccccc21)C(C)C. The van der Waals surface area contributed by atoms with E-state index < -0.39 is 30.0 Å². The number of hydrogen-bond acceptors (Lipinski definition) is 8. The van der Waals surface area contributed by atoms with Crippen molar-refractivity contribution in [1.82, 2.24) is 5.32 Å². The first-order valence-electron chi connectivity index (χ1n) is 18.5. The van der Waals surface area contributed by atoms with Crippen molar-refractivity contribution in [3.05, 3.63) is 131 Å². The van der Waals surface area contributed by atoms with Crippen LogP contribution in [0.2, 0.25) is 0 Å². The molecule has 0 bridgehead atoms. The van der Waals surface area contributed by atoms with Gasteiger partial charge >= 0.3 is 6.09 Å². The van der Waals surface area contributed by atoms with Gasteiger partial charge in [-0.1, -0.05) is 98.8 Å². The van der Waals surface area contributed by atoms with Crippen LogP contribution in [0.3, 0.4) is 0 Å². The van der Waals surface area contributed by atoms with Gasteiger partial charge in [-0.2, -0.15) is 0 Å². The van der Waals surface area contributed by atoms with Crippen LogP contribution in [0, 0.1) is 5.92 Å². The number of carbonyl (C=O) groups is 3. The molecule has 3 atom stereocenters. The van der Waals surface area contributed by atoms with Crippen molar-refractivity contribution in [3.8, 4) is 34.1 Å². The number of rotatable bonds is 13. The molecule has 1 heterocycles. The highest BCUT2D eigenvalue weighted by Gasteiger charge is 2.50. The van der Waals surface area contributed by atoms with Gasteiger partial charge in [-0.15, -0.1) is 0 Å². The molecule has 1 fully saturated rings. The van der Waals surface area contributed by atoms with E-state index in [0.29, 0.717) is 34.4 Å². The number of fused-ring (bicyclic) bond motifs is 3. The van der Waals surface area contributed by atoms with Gasteiger partial charge in [-0.25, -0.2) is 4.79 Å². The van der Waals surface area contributed by atoms with E-state index in [4.69, 9.17) is 23.7 Å². The lowest BCUT2D eigenvalue weighted by molar-refractivity contribution is -0.126. The molecule has 2 N–H and O–H groups in total. The third-order valence-corrected chi connectivity index (χ3v) is 10.6. The van der Waals surface area contributed by atoms with Crippen LogP contribution < -0.4 is 34.5 Å². The number of nitrogens with one attached hydrogen (secondary N) is 2. The third-order valence-electron chi connectivity index (χ3n) is 10.6. The van der Waals surface area contributed by atoms with E-state index in [2.05, 4.69) is 34.9 Å². The number of carbonyl (C=O) groups excluding carboxylic acids is 3. The van der Waals surface area contributed by atoms with Crippen molar-refractivity contribution in [2.45, 2.75) is 37.8 Å². The zero-order valence-electron chi connectivity index (χ0n) is 32.2. The van der Waals surface area contributed by atoms with Crippen LogP contribution in [0.15, 0.2) is 109 Å². The van der Waals surface area contributed by atoms with Crippen molar-refractivity contribution in [2.75, 3.05) is 45.3 Å². The van der Waals surface area contributed by atoms with Gasteiger partial charge in [0, 0.05) is 18.1 Å². The number of ether oxygens (including phenoxy) is 5. The Balaban J connectivity index is 1.14. The quantitative estimate of drug-likeness (QED) is 0.116. The Kier molecular flexibility index (Phi) is 10.9. The van der Waals surface area contributed by atoms with Crippen LogP contribution >= 0.6 is 0 Å². The smallest absolute Gasteiger partial charge is 0.407 e. The van der Waals surface area contributed by atoms with Gasteiger partial charge in [0.25, 0.3) is 0 Å². The minimum atomic E-state index is -0.933. The topological polar surface area (TPSA) is 125 Å². The number of benzene rings is 5. The summed E-state index contributed by atoms with van der Waals surface area (Å²) in [6, 6.07) is 33.3. The van der Waals surface area contributed by atoms with Gasteiger partial charge in [0.2, 0.25) is 17.6 Å². The largest absolute Gasteiger partial charge is 0.495 e. The predicted molar refractivity (Wildman–Crippen MR) is 214 cm³/mol. The van der Waals surface area contributed by atoms with E-state index in [0.717, 1.165) is 33.4 Å². The summed E-state index contributed by atoms with van der Waals surface area (Å²) in [6.45, 7) is 3.82. The monoisotopic (exact) mass is 755 g/mol. The molecule has 11 nitrogen and oxygen atoms in total. The fraction of sp³-hybridized carbons (Fsp3) is 0.267. The fourth-order valence-electron chi connectivity index (χ4n) is 7.83. The molecule has 5 aromatic carbocycles. The maximum absolute atomic E-state index is 14.1. The molecule has 1 saturated heterocycles. The van der Waals surface area contributed by atoms with Crippen molar-refractivity contribution < 1.29 is 38.1 Å². The summed E-state index contributed by atoms with van der Waals surface area (Å²) in [5.41, 5.74) is 6.97. The van der Waals surface area contributed by atoms with Gasteiger partial charge in [0.1, 0.15) is 18.4 Å². The standard InChI is InChI=1S/C45H45N3O8/c1-26(2)40(47-45(51)56-25-34-32-18-12-10-16-30(32)31-17-11-13-19-33(31)34)43(49)46-35-22-28(20-21-36(35)52-3)41-39(27-14-8-7-9-15-27)44(50)48(41)29-23-37(53-4)42(55-6)38(24-29)54-5/h7-24,26,34,39-41H,25H2,1-6H3,(H,46,49)(H,47,51)/t39-,40-,41-/m0/s1. The van der Waals surface area contributed by atoms with Gasteiger partial charge in [0.15, 0.2) is 11.5 Å². The summed E-state index contributed by atoms with van der Waals surface area (Å²) in [5, 5.41) is 5.79. The fourth-order valence-corrected chi connectivity index (χ4v) is 7.83. The molecule has 288 valence electrons. The maximum Gasteiger partial charge on any atom is 0.407 e. The van der Waals surface area contributed by atoms with E-state index in [-0.39, 0.29) is 24.3 Å². The van der Waals surface area contributed by atoms with E-state index in [9.17, 15) is 14.4 Å². The summed E-state index contributed by atoms with van der Waals surface area (Å²) in [7, 11) is 6.08. The molecule has 0 saturated carbocycles. The van der Waals surface area contributed by atoms with E-state index >= 15 is 0 Å². The van der Waals surface area contributed by atoms with E-state index in [1.54, 1.807) is 29.2 Å². The average Bonchev–Trinajstić information content (AvgIpc) is 3.54. The Hall–Kier alpha value is -6.49. The van der Waals surface area contributed by atoms with E-state index in [1.807, 2.05) is 74.5 Å². The van der Waals surface area contributed by atoms with Crippen LogP contribution in [0.1, 0.15) is 54.0 Å². The number of nitrogens with zero attached hydrogens (tertiary/aromatic N) is 1. The lowest BCUT2D eigenvalue weighted by Crippen LogP contribution is -2.53. The second-order valence-corrected chi connectivity index (χ2v) is 14.1. The molecule has 0 unspecified atom stereocenters.